The second-order valence-corrected chi connectivity index (χ2v) is 3.78. The van der Waals surface area contributed by atoms with Crippen molar-refractivity contribution < 1.29 is 4.74 Å². The Balaban J connectivity index is 1.94. The van der Waals surface area contributed by atoms with Crippen LogP contribution in [0, 0.1) is 0 Å². The van der Waals surface area contributed by atoms with Crippen LogP contribution in [0.5, 0.6) is 5.75 Å². The molecule has 2 N–H and O–H groups in total. The first kappa shape index (κ1) is 12.2. The van der Waals surface area contributed by atoms with Crippen molar-refractivity contribution in [1.82, 2.24) is 9.97 Å². The fourth-order valence-corrected chi connectivity index (χ4v) is 1.70. The van der Waals surface area contributed by atoms with Gasteiger partial charge in [-0.2, -0.15) is 0 Å². The molecule has 0 amide bonds. The Hall–Kier alpha value is -2.30. The number of hydrogen-bond donors (Lipinski definition) is 2. The molecule has 2 rings (SSSR count). The van der Waals surface area contributed by atoms with Crippen LogP contribution >= 0.6 is 0 Å². The first-order valence-electron chi connectivity index (χ1n) is 5.70. The molecule has 0 bridgehead atoms. The Kier molecular flexibility index (Phi) is 3.96. The number of H-pyrrole nitrogens is 1. The largest absolute Gasteiger partial charge is 0.496 e. The number of methoxy groups -OCH3 is 1. The third-order valence-electron chi connectivity index (χ3n) is 2.57. The van der Waals surface area contributed by atoms with Gasteiger partial charge in [0.15, 0.2) is 0 Å². The maximum Gasteiger partial charge on any atom is 0.252 e. The predicted octanol–water partition coefficient (Wildman–Crippen LogP) is 1.43. The molecule has 5 nitrogen and oxygen atoms in total. The zero-order chi connectivity index (χ0) is 12.8. The van der Waals surface area contributed by atoms with Gasteiger partial charge in [0.1, 0.15) is 11.6 Å². The fourth-order valence-electron chi connectivity index (χ4n) is 1.70. The fraction of sp³-hybridized carbons (Fsp3) is 0.231. The highest BCUT2D eigenvalue weighted by atomic mass is 16.5. The molecule has 0 radical (unpaired) electrons. The summed E-state index contributed by atoms with van der Waals surface area (Å²) in [5, 5.41) is 3.10. The van der Waals surface area contributed by atoms with E-state index in [4.69, 9.17) is 4.74 Å². The Labute approximate surface area is 105 Å². The van der Waals surface area contributed by atoms with Gasteiger partial charge in [0, 0.05) is 12.6 Å². The first-order chi connectivity index (χ1) is 8.79. The van der Waals surface area contributed by atoms with E-state index in [0.717, 1.165) is 17.7 Å². The van der Waals surface area contributed by atoms with Gasteiger partial charge in [-0.05, 0) is 18.1 Å². The summed E-state index contributed by atoms with van der Waals surface area (Å²) in [7, 11) is 1.66. The molecule has 0 atom stereocenters. The van der Waals surface area contributed by atoms with Crippen molar-refractivity contribution in [3.05, 3.63) is 52.6 Å². The molecule has 0 fully saturated rings. The Bertz CT molecular complexity index is 566. The van der Waals surface area contributed by atoms with E-state index in [2.05, 4.69) is 15.3 Å². The molecule has 0 aliphatic rings. The first-order valence-corrected chi connectivity index (χ1v) is 5.70. The van der Waals surface area contributed by atoms with E-state index < -0.39 is 0 Å². The van der Waals surface area contributed by atoms with Crippen LogP contribution < -0.4 is 15.6 Å². The highest BCUT2D eigenvalue weighted by molar-refractivity contribution is 5.36. The van der Waals surface area contributed by atoms with E-state index in [1.165, 1.54) is 12.4 Å². The van der Waals surface area contributed by atoms with Crippen LogP contribution in [0.4, 0.5) is 5.82 Å². The van der Waals surface area contributed by atoms with Gasteiger partial charge in [-0.1, -0.05) is 18.2 Å². The van der Waals surface area contributed by atoms with Gasteiger partial charge in [0.05, 0.1) is 13.4 Å². The average Bonchev–Trinajstić information content (AvgIpc) is 2.39. The number of aromatic amines is 1. The van der Waals surface area contributed by atoms with Crippen molar-refractivity contribution in [3.8, 4) is 5.75 Å². The zero-order valence-electron chi connectivity index (χ0n) is 10.1. The number of nitrogens with zero attached hydrogens (tertiary/aromatic N) is 1. The minimum atomic E-state index is -0.162. The molecular weight excluding hydrogens is 230 g/mol. The molecule has 0 saturated carbocycles. The molecule has 18 heavy (non-hydrogen) atoms. The number of hydrogen-bond acceptors (Lipinski definition) is 4. The molecule has 1 aromatic heterocycles. The van der Waals surface area contributed by atoms with E-state index in [0.29, 0.717) is 12.4 Å². The van der Waals surface area contributed by atoms with E-state index in [9.17, 15) is 4.79 Å². The Morgan fingerprint density at radius 2 is 2.22 bits per heavy atom. The van der Waals surface area contributed by atoms with Gasteiger partial charge in [0.25, 0.3) is 5.56 Å². The number of nitrogens with one attached hydrogen (secondary N) is 2. The van der Waals surface area contributed by atoms with Crippen molar-refractivity contribution in [2.45, 2.75) is 6.42 Å². The summed E-state index contributed by atoms with van der Waals surface area (Å²) in [5.74, 6) is 1.45. The van der Waals surface area contributed by atoms with Crippen molar-refractivity contribution in [2.75, 3.05) is 19.0 Å². The molecule has 1 aromatic carbocycles. The van der Waals surface area contributed by atoms with Gasteiger partial charge in [-0.3, -0.25) is 4.79 Å². The van der Waals surface area contributed by atoms with Crippen LogP contribution in [0.15, 0.2) is 41.5 Å². The zero-order valence-corrected chi connectivity index (χ0v) is 10.1. The molecule has 0 unspecified atom stereocenters. The third-order valence-corrected chi connectivity index (χ3v) is 2.57. The van der Waals surface area contributed by atoms with E-state index in [-0.39, 0.29) is 5.56 Å². The number of aromatic nitrogens is 2. The van der Waals surface area contributed by atoms with Gasteiger partial charge in [-0.15, -0.1) is 0 Å². The normalized spacial score (nSPS) is 10.1. The number of rotatable bonds is 5. The van der Waals surface area contributed by atoms with Crippen molar-refractivity contribution in [3.63, 3.8) is 0 Å². The van der Waals surface area contributed by atoms with Gasteiger partial charge in [-0.25, -0.2) is 4.98 Å². The summed E-state index contributed by atoms with van der Waals surface area (Å²) < 4.78 is 5.27. The molecule has 0 saturated heterocycles. The Morgan fingerprint density at radius 3 is 3.00 bits per heavy atom. The molecule has 1 heterocycles. The molecule has 0 aliphatic heterocycles. The standard InChI is InChI=1S/C13H15N3O2/c1-18-11-5-3-2-4-10(11)6-7-14-12-8-13(17)16-9-15-12/h2-5,8-9H,6-7H2,1H3,(H2,14,15,16,17). The maximum absolute atomic E-state index is 11.1. The van der Waals surface area contributed by atoms with Gasteiger partial charge in [0.2, 0.25) is 0 Å². The molecule has 2 aromatic rings. The highest BCUT2D eigenvalue weighted by Crippen LogP contribution is 2.17. The topological polar surface area (TPSA) is 67.0 Å². The van der Waals surface area contributed by atoms with Crippen LogP contribution in [-0.2, 0) is 6.42 Å². The van der Waals surface area contributed by atoms with E-state index >= 15 is 0 Å². The minimum absolute atomic E-state index is 0.162. The SMILES string of the molecule is COc1ccccc1CCNc1cc(=O)[nH]cn1. The summed E-state index contributed by atoms with van der Waals surface area (Å²) >= 11 is 0. The third kappa shape index (κ3) is 3.10. The van der Waals surface area contributed by atoms with E-state index in [1.807, 2.05) is 24.3 Å². The van der Waals surface area contributed by atoms with E-state index in [1.54, 1.807) is 7.11 Å². The van der Waals surface area contributed by atoms with Crippen LogP contribution in [0.1, 0.15) is 5.56 Å². The van der Waals surface area contributed by atoms with Crippen LogP contribution in [0.2, 0.25) is 0 Å². The van der Waals surface area contributed by atoms with Crippen molar-refractivity contribution >= 4 is 5.82 Å². The lowest BCUT2D eigenvalue weighted by atomic mass is 10.1. The minimum Gasteiger partial charge on any atom is -0.496 e. The molecular formula is C13H15N3O2. The predicted molar refractivity (Wildman–Crippen MR) is 70.0 cm³/mol. The van der Waals surface area contributed by atoms with Gasteiger partial charge >= 0.3 is 0 Å². The second-order valence-electron chi connectivity index (χ2n) is 3.78. The number of benzene rings is 1. The summed E-state index contributed by atoms with van der Waals surface area (Å²) in [6.07, 6.45) is 2.19. The summed E-state index contributed by atoms with van der Waals surface area (Å²) in [4.78, 5) is 17.6. The number of ether oxygens (including phenoxy) is 1. The number of anilines is 1. The quantitative estimate of drug-likeness (QED) is 0.836. The van der Waals surface area contributed by atoms with Crippen LogP contribution in [0.25, 0.3) is 0 Å². The average molecular weight is 245 g/mol. The second kappa shape index (κ2) is 5.86. The van der Waals surface area contributed by atoms with Gasteiger partial charge < -0.3 is 15.0 Å². The lowest BCUT2D eigenvalue weighted by Crippen LogP contribution is -2.11. The lowest BCUT2D eigenvalue weighted by molar-refractivity contribution is 0.410. The lowest BCUT2D eigenvalue weighted by Gasteiger charge is -2.08. The highest BCUT2D eigenvalue weighted by Gasteiger charge is 2.01. The maximum atomic E-state index is 11.1. The molecule has 5 heteroatoms. The monoisotopic (exact) mass is 245 g/mol. The number of para-hydroxylation sites is 1. The summed E-state index contributed by atoms with van der Waals surface area (Å²) in [6, 6.07) is 9.30. The molecule has 0 aliphatic carbocycles. The van der Waals surface area contributed by atoms with Crippen molar-refractivity contribution in [1.29, 1.82) is 0 Å². The van der Waals surface area contributed by atoms with Crippen LogP contribution in [-0.4, -0.2) is 23.6 Å². The van der Waals surface area contributed by atoms with Crippen molar-refractivity contribution in [2.24, 2.45) is 0 Å². The smallest absolute Gasteiger partial charge is 0.252 e. The molecule has 94 valence electrons. The summed E-state index contributed by atoms with van der Waals surface area (Å²) in [6.45, 7) is 0.691. The molecule has 0 spiro atoms. The Morgan fingerprint density at radius 1 is 1.39 bits per heavy atom. The summed E-state index contributed by atoms with van der Waals surface area (Å²) in [5.41, 5.74) is 0.960. The van der Waals surface area contributed by atoms with Crippen LogP contribution in [0.3, 0.4) is 0 Å².